The lowest BCUT2D eigenvalue weighted by molar-refractivity contribution is -0.167. The first-order valence-corrected chi connectivity index (χ1v) is 24.3. The summed E-state index contributed by atoms with van der Waals surface area (Å²) in [5.41, 5.74) is 0. The summed E-state index contributed by atoms with van der Waals surface area (Å²) in [5, 5.41) is 0. The fourth-order valence-corrected chi connectivity index (χ4v) is 6.40. The van der Waals surface area contributed by atoms with Crippen LogP contribution in [0, 0.1) is 0 Å². The summed E-state index contributed by atoms with van der Waals surface area (Å²) in [5.74, 6) is -0.967. The van der Waals surface area contributed by atoms with Crippen molar-refractivity contribution in [1.82, 2.24) is 0 Å². The van der Waals surface area contributed by atoms with E-state index in [1.165, 1.54) is 70.6 Å². The molecule has 340 valence electrons. The van der Waals surface area contributed by atoms with Gasteiger partial charge in [-0.2, -0.15) is 0 Å². The van der Waals surface area contributed by atoms with E-state index in [4.69, 9.17) is 14.2 Å². The standard InChI is InChI=1S/C54H88O6/c1-4-7-10-13-16-19-22-25-27-30-32-35-38-41-44-47-53(56)59-50-51(49-58-52(55)46-43-40-37-34-31-28-24-21-18-15-12-9-6-3)60-54(57)48-45-42-39-36-33-29-26-23-20-17-14-11-8-5-2/h7,9-10,12-13,15-16,18-19,21-22,24-25,27,30,32,51H,4-6,8,11,14,17,20,23,26,28-29,31,33-50H2,1-3H3/b10-7+,12-9+,16-13+,18-15+,22-19+,24-21+,27-25+,32-30+. The molecule has 1 unspecified atom stereocenters. The van der Waals surface area contributed by atoms with E-state index in [9.17, 15) is 14.4 Å². The molecule has 6 nitrogen and oxygen atoms in total. The second-order valence-electron chi connectivity index (χ2n) is 15.8. The third kappa shape index (κ3) is 45.4. The van der Waals surface area contributed by atoms with Crippen molar-refractivity contribution in [2.24, 2.45) is 0 Å². The normalized spacial score (nSPS) is 12.9. The predicted octanol–water partition coefficient (Wildman–Crippen LogP) is 15.8. The Morgan fingerprint density at radius 3 is 1.03 bits per heavy atom. The highest BCUT2D eigenvalue weighted by molar-refractivity contribution is 5.71. The van der Waals surface area contributed by atoms with Gasteiger partial charge in [-0.3, -0.25) is 14.4 Å². The molecule has 6 heteroatoms. The monoisotopic (exact) mass is 833 g/mol. The van der Waals surface area contributed by atoms with Gasteiger partial charge in [0.25, 0.3) is 0 Å². The van der Waals surface area contributed by atoms with Crippen molar-refractivity contribution in [3.05, 3.63) is 97.2 Å². The van der Waals surface area contributed by atoms with Gasteiger partial charge in [0.15, 0.2) is 6.10 Å². The molecule has 0 aliphatic carbocycles. The quantitative estimate of drug-likeness (QED) is 0.0264. The van der Waals surface area contributed by atoms with E-state index in [0.29, 0.717) is 19.3 Å². The van der Waals surface area contributed by atoms with Gasteiger partial charge in [-0.05, 0) is 57.8 Å². The van der Waals surface area contributed by atoms with Gasteiger partial charge in [0.05, 0.1) is 0 Å². The van der Waals surface area contributed by atoms with E-state index in [-0.39, 0.29) is 31.1 Å². The first-order valence-electron chi connectivity index (χ1n) is 24.3. The van der Waals surface area contributed by atoms with Gasteiger partial charge in [0.1, 0.15) is 13.2 Å². The Morgan fingerprint density at radius 2 is 0.650 bits per heavy atom. The minimum Gasteiger partial charge on any atom is -0.462 e. The summed E-state index contributed by atoms with van der Waals surface area (Å²) in [4.78, 5) is 37.9. The minimum absolute atomic E-state index is 0.102. The molecule has 0 spiro atoms. The topological polar surface area (TPSA) is 78.9 Å². The number of carbonyl (C=O) groups is 3. The van der Waals surface area contributed by atoms with Gasteiger partial charge in [-0.1, -0.05) is 227 Å². The van der Waals surface area contributed by atoms with Gasteiger partial charge < -0.3 is 14.2 Å². The van der Waals surface area contributed by atoms with E-state index in [1.54, 1.807) is 0 Å². The van der Waals surface area contributed by atoms with Crippen LogP contribution in [0.4, 0.5) is 0 Å². The van der Waals surface area contributed by atoms with E-state index >= 15 is 0 Å². The predicted molar refractivity (Wildman–Crippen MR) is 256 cm³/mol. The van der Waals surface area contributed by atoms with Crippen molar-refractivity contribution in [2.75, 3.05) is 13.2 Å². The number of ether oxygens (including phenoxy) is 3. The molecular formula is C54H88O6. The van der Waals surface area contributed by atoms with Gasteiger partial charge >= 0.3 is 17.9 Å². The molecular weight excluding hydrogens is 745 g/mol. The summed E-state index contributed by atoms with van der Waals surface area (Å²) in [6.07, 6.45) is 62.4. The number of esters is 3. The molecule has 0 saturated heterocycles. The molecule has 0 N–H and O–H groups in total. The van der Waals surface area contributed by atoms with Crippen LogP contribution in [0.2, 0.25) is 0 Å². The number of rotatable bonds is 42. The van der Waals surface area contributed by atoms with Crippen molar-refractivity contribution in [3.63, 3.8) is 0 Å². The molecule has 0 aromatic rings. The Bertz CT molecular complexity index is 1230. The fraction of sp³-hybridized carbons (Fsp3) is 0.648. The van der Waals surface area contributed by atoms with Crippen LogP contribution < -0.4 is 0 Å². The van der Waals surface area contributed by atoms with Crippen LogP contribution in [-0.2, 0) is 28.6 Å². The molecule has 0 saturated carbocycles. The highest BCUT2D eigenvalue weighted by Gasteiger charge is 2.19. The average molecular weight is 833 g/mol. The Kier molecular flexibility index (Phi) is 45.1. The van der Waals surface area contributed by atoms with Gasteiger partial charge in [-0.25, -0.2) is 0 Å². The Morgan fingerprint density at radius 1 is 0.350 bits per heavy atom. The Hall–Kier alpha value is -3.67. The maximum absolute atomic E-state index is 12.8. The summed E-state index contributed by atoms with van der Waals surface area (Å²) in [6, 6.07) is 0. The van der Waals surface area contributed by atoms with E-state index in [2.05, 4.69) is 69.4 Å². The molecule has 60 heavy (non-hydrogen) atoms. The maximum Gasteiger partial charge on any atom is 0.306 e. The van der Waals surface area contributed by atoms with E-state index in [0.717, 1.165) is 96.3 Å². The van der Waals surface area contributed by atoms with E-state index in [1.807, 2.05) is 48.6 Å². The van der Waals surface area contributed by atoms with Crippen LogP contribution in [0.3, 0.4) is 0 Å². The second kappa shape index (κ2) is 48.0. The lowest BCUT2D eigenvalue weighted by Gasteiger charge is -2.18. The maximum atomic E-state index is 12.8. The first kappa shape index (κ1) is 56.3. The van der Waals surface area contributed by atoms with Crippen LogP contribution in [-0.4, -0.2) is 37.2 Å². The number of hydrogen-bond acceptors (Lipinski definition) is 6. The Labute approximate surface area is 368 Å². The third-order valence-corrected chi connectivity index (χ3v) is 10.0. The summed E-state index contributed by atoms with van der Waals surface area (Å²) in [6.45, 7) is 6.29. The molecule has 0 heterocycles. The number of carbonyl (C=O) groups excluding carboxylic acids is 3. The minimum atomic E-state index is -0.801. The first-order chi connectivity index (χ1) is 29.5. The lowest BCUT2D eigenvalue weighted by atomic mass is 10.0. The highest BCUT2D eigenvalue weighted by Crippen LogP contribution is 2.15. The van der Waals surface area contributed by atoms with Crippen molar-refractivity contribution in [2.45, 2.75) is 213 Å². The van der Waals surface area contributed by atoms with Crippen molar-refractivity contribution in [1.29, 1.82) is 0 Å². The number of unbranched alkanes of at least 4 members (excludes halogenated alkanes) is 21. The van der Waals surface area contributed by atoms with Crippen LogP contribution >= 0.6 is 0 Å². The molecule has 0 bridgehead atoms. The smallest absolute Gasteiger partial charge is 0.306 e. The molecule has 0 aliphatic heterocycles. The fourth-order valence-electron chi connectivity index (χ4n) is 6.40. The van der Waals surface area contributed by atoms with Crippen LogP contribution in [0.1, 0.15) is 207 Å². The zero-order valence-corrected chi connectivity index (χ0v) is 38.7. The van der Waals surface area contributed by atoms with Crippen LogP contribution in [0.25, 0.3) is 0 Å². The van der Waals surface area contributed by atoms with Crippen molar-refractivity contribution >= 4 is 17.9 Å². The van der Waals surface area contributed by atoms with Gasteiger partial charge in [-0.15, -0.1) is 0 Å². The number of hydrogen-bond donors (Lipinski definition) is 0. The molecule has 0 radical (unpaired) electrons. The SMILES string of the molecule is CC/C=C/C=C/C=C/C=C/C=C/CCCCCC(=O)OCC(COC(=O)CCCCCCC/C=C/C=C/C=C/CC)OC(=O)CCCCCCCCCCCCCCCC. The zero-order chi connectivity index (χ0) is 43.7. The van der Waals surface area contributed by atoms with Crippen LogP contribution in [0.5, 0.6) is 0 Å². The molecule has 0 aliphatic rings. The molecule has 0 fully saturated rings. The van der Waals surface area contributed by atoms with Crippen molar-refractivity contribution < 1.29 is 28.6 Å². The van der Waals surface area contributed by atoms with Gasteiger partial charge in [0.2, 0.25) is 0 Å². The number of allylic oxidation sites excluding steroid dienone is 16. The molecule has 0 rings (SSSR count). The average Bonchev–Trinajstić information content (AvgIpc) is 3.24. The van der Waals surface area contributed by atoms with Crippen LogP contribution in [0.15, 0.2) is 97.2 Å². The third-order valence-electron chi connectivity index (χ3n) is 10.0. The zero-order valence-electron chi connectivity index (χ0n) is 38.7. The largest absolute Gasteiger partial charge is 0.462 e. The van der Waals surface area contributed by atoms with Gasteiger partial charge in [0, 0.05) is 19.3 Å². The lowest BCUT2D eigenvalue weighted by Crippen LogP contribution is -2.30. The van der Waals surface area contributed by atoms with E-state index < -0.39 is 6.10 Å². The summed E-state index contributed by atoms with van der Waals surface area (Å²) in [7, 11) is 0. The summed E-state index contributed by atoms with van der Waals surface area (Å²) < 4.78 is 16.7. The van der Waals surface area contributed by atoms with Crippen molar-refractivity contribution in [3.8, 4) is 0 Å². The molecule has 0 amide bonds. The molecule has 0 aromatic carbocycles. The molecule has 1 atom stereocenters. The molecule has 0 aromatic heterocycles. The Balaban J connectivity index is 4.50. The summed E-state index contributed by atoms with van der Waals surface area (Å²) >= 11 is 0. The highest BCUT2D eigenvalue weighted by atomic mass is 16.6. The second-order valence-corrected chi connectivity index (χ2v) is 15.8.